The van der Waals surface area contributed by atoms with Gasteiger partial charge in [-0.15, -0.1) is 23.1 Å². The molecule has 35 heavy (non-hydrogen) atoms. The second kappa shape index (κ2) is 10.8. The summed E-state index contributed by atoms with van der Waals surface area (Å²) < 4.78 is 3.28. The second-order valence-corrected chi connectivity index (χ2v) is 10.1. The van der Waals surface area contributed by atoms with Crippen molar-refractivity contribution in [3.8, 4) is 5.69 Å². The van der Waals surface area contributed by atoms with Crippen LogP contribution in [0.5, 0.6) is 0 Å². The fourth-order valence-electron chi connectivity index (χ4n) is 3.65. The first-order chi connectivity index (χ1) is 16.9. The zero-order valence-electron chi connectivity index (χ0n) is 19.6. The number of nitrogens with one attached hydrogen (secondary N) is 2. The summed E-state index contributed by atoms with van der Waals surface area (Å²) in [5.74, 6) is -0.405. The molecule has 2 aromatic heterocycles. The number of rotatable bonds is 8. The molecule has 0 fully saturated rings. The predicted molar refractivity (Wildman–Crippen MR) is 143 cm³/mol. The van der Waals surface area contributed by atoms with Gasteiger partial charge < -0.3 is 10.6 Å². The Morgan fingerprint density at radius 1 is 1.03 bits per heavy atom. The third kappa shape index (κ3) is 5.41. The molecular formula is C26H26N4O3S2. The summed E-state index contributed by atoms with van der Waals surface area (Å²) in [6.45, 7) is 3.74. The molecule has 2 aromatic carbocycles. The molecule has 0 saturated carbocycles. The average molecular weight is 507 g/mol. The van der Waals surface area contributed by atoms with Gasteiger partial charge in [-0.1, -0.05) is 37.3 Å². The van der Waals surface area contributed by atoms with E-state index in [-0.39, 0.29) is 23.1 Å². The van der Waals surface area contributed by atoms with Crippen molar-refractivity contribution in [1.29, 1.82) is 0 Å². The highest BCUT2D eigenvalue weighted by atomic mass is 32.2. The maximum atomic E-state index is 13.2. The maximum Gasteiger partial charge on any atom is 0.295 e. The van der Waals surface area contributed by atoms with Crippen molar-refractivity contribution in [3.63, 3.8) is 0 Å². The lowest BCUT2D eigenvalue weighted by Gasteiger charge is -2.15. The van der Waals surface area contributed by atoms with Crippen LogP contribution in [0.25, 0.3) is 5.69 Å². The minimum atomic E-state index is -0.414. The Hall–Kier alpha value is -3.56. The first-order valence-corrected chi connectivity index (χ1v) is 12.9. The Morgan fingerprint density at radius 2 is 1.80 bits per heavy atom. The molecule has 0 aliphatic rings. The van der Waals surface area contributed by atoms with E-state index >= 15 is 0 Å². The van der Waals surface area contributed by atoms with Crippen LogP contribution in [0.4, 0.5) is 11.4 Å². The van der Waals surface area contributed by atoms with E-state index in [4.69, 9.17) is 0 Å². The number of thiophene rings is 1. The van der Waals surface area contributed by atoms with Gasteiger partial charge in [-0.2, -0.15) is 0 Å². The molecule has 0 bridgehead atoms. The van der Waals surface area contributed by atoms with Gasteiger partial charge in [-0.05, 0) is 55.1 Å². The molecule has 0 radical (unpaired) electrons. The summed E-state index contributed by atoms with van der Waals surface area (Å²) in [6, 6.07) is 20.3. The normalized spacial score (nSPS) is 11.7. The minimum absolute atomic E-state index is 0.166. The van der Waals surface area contributed by atoms with Crippen LogP contribution in [0.15, 0.2) is 81.8 Å². The monoisotopic (exact) mass is 506 g/mol. The Labute approximate surface area is 211 Å². The summed E-state index contributed by atoms with van der Waals surface area (Å²) in [5.41, 5.74) is 2.06. The maximum absolute atomic E-state index is 13.2. The molecular weight excluding hydrogens is 480 g/mol. The molecule has 2 heterocycles. The Balaban J connectivity index is 1.50. The molecule has 0 aliphatic carbocycles. The van der Waals surface area contributed by atoms with Gasteiger partial charge in [0, 0.05) is 17.6 Å². The second-order valence-electron chi connectivity index (χ2n) is 7.90. The van der Waals surface area contributed by atoms with E-state index in [9.17, 15) is 14.4 Å². The Bertz CT molecular complexity index is 1390. The van der Waals surface area contributed by atoms with Crippen molar-refractivity contribution in [1.82, 2.24) is 9.36 Å². The van der Waals surface area contributed by atoms with Crippen molar-refractivity contribution >= 4 is 46.3 Å². The van der Waals surface area contributed by atoms with Crippen LogP contribution < -0.4 is 16.2 Å². The number of nitrogens with zero attached hydrogens (tertiary/aromatic N) is 2. The smallest absolute Gasteiger partial charge is 0.295 e. The van der Waals surface area contributed by atoms with Crippen LogP contribution >= 0.6 is 23.1 Å². The van der Waals surface area contributed by atoms with Crippen molar-refractivity contribution in [2.75, 3.05) is 10.6 Å². The number of para-hydroxylation sites is 1. The lowest BCUT2D eigenvalue weighted by Crippen LogP contribution is -2.28. The third-order valence-electron chi connectivity index (χ3n) is 5.58. The molecule has 1 atom stereocenters. The fraction of sp³-hybridized carbons (Fsp3) is 0.192. The third-order valence-corrected chi connectivity index (χ3v) is 7.81. The quantitative estimate of drug-likeness (QED) is 0.317. The number of aromatic nitrogens is 2. The summed E-state index contributed by atoms with van der Waals surface area (Å²) in [4.78, 5) is 40.2. The minimum Gasteiger partial charge on any atom is -0.321 e. The van der Waals surface area contributed by atoms with Gasteiger partial charge in [0.1, 0.15) is 5.69 Å². The predicted octanol–water partition coefficient (Wildman–Crippen LogP) is 5.31. The van der Waals surface area contributed by atoms with Gasteiger partial charge in [0.2, 0.25) is 5.91 Å². The number of amides is 2. The molecule has 4 rings (SSSR count). The molecule has 7 nitrogen and oxygen atoms in total. The molecule has 0 spiro atoms. The van der Waals surface area contributed by atoms with Crippen LogP contribution in [-0.4, -0.2) is 26.4 Å². The first kappa shape index (κ1) is 24.6. The van der Waals surface area contributed by atoms with E-state index < -0.39 is 5.25 Å². The number of carbonyl (C=O) groups excluding carboxylic acids is 2. The lowest BCUT2D eigenvalue weighted by atomic mass is 10.3. The largest absolute Gasteiger partial charge is 0.321 e. The Kier molecular flexibility index (Phi) is 7.57. The molecule has 1 unspecified atom stereocenters. The van der Waals surface area contributed by atoms with E-state index in [1.54, 1.807) is 22.5 Å². The van der Waals surface area contributed by atoms with Gasteiger partial charge in [0.25, 0.3) is 11.5 Å². The van der Waals surface area contributed by atoms with Crippen LogP contribution in [0.1, 0.15) is 28.7 Å². The fourth-order valence-corrected chi connectivity index (χ4v) is 5.28. The number of hydrogen-bond acceptors (Lipinski definition) is 5. The van der Waals surface area contributed by atoms with Crippen LogP contribution in [0.3, 0.4) is 0 Å². The summed E-state index contributed by atoms with van der Waals surface area (Å²) >= 11 is 2.78. The van der Waals surface area contributed by atoms with Crippen molar-refractivity contribution in [2.45, 2.75) is 30.4 Å². The number of carbonyl (C=O) groups is 2. The number of thioether (sulfide) groups is 1. The average Bonchev–Trinajstić information content (AvgIpc) is 3.47. The summed E-state index contributed by atoms with van der Waals surface area (Å²) in [5, 5.41) is 7.20. The van der Waals surface area contributed by atoms with Crippen LogP contribution in [-0.2, 0) is 11.8 Å². The first-order valence-electron chi connectivity index (χ1n) is 11.2. The number of benzene rings is 2. The van der Waals surface area contributed by atoms with Gasteiger partial charge in [-0.3, -0.25) is 19.1 Å². The standard InChI is InChI=1S/C26H26N4O3S2/c1-4-21(35-20-13-8-10-18(16-20)27-25(32)22-14-9-15-34-22)24(31)28-23-17(2)29(3)30(26(23)33)19-11-6-5-7-12-19/h5-16,21H,4H2,1-3H3,(H,27,32)(H,28,31). The summed E-state index contributed by atoms with van der Waals surface area (Å²) in [7, 11) is 1.79. The van der Waals surface area contributed by atoms with Crippen molar-refractivity contribution < 1.29 is 9.59 Å². The molecule has 180 valence electrons. The van der Waals surface area contributed by atoms with E-state index in [1.165, 1.54) is 23.1 Å². The van der Waals surface area contributed by atoms with Gasteiger partial charge in [-0.25, -0.2) is 4.68 Å². The molecule has 9 heteroatoms. The molecule has 0 saturated heterocycles. The van der Waals surface area contributed by atoms with E-state index in [2.05, 4.69) is 10.6 Å². The molecule has 2 amide bonds. The number of anilines is 2. The molecule has 4 aromatic rings. The highest BCUT2D eigenvalue weighted by Crippen LogP contribution is 2.29. The van der Waals surface area contributed by atoms with Crippen molar-refractivity contribution in [3.05, 3.63) is 93.0 Å². The van der Waals surface area contributed by atoms with Gasteiger partial charge in [0.15, 0.2) is 0 Å². The Morgan fingerprint density at radius 3 is 2.49 bits per heavy atom. The number of hydrogen-bond donors (Lipinski definition) is 2. The highest BCUT2D eigenvalue weighted by Gasteiger charge is 2.23. The lowest BCUT2D eigenvalue weighted by molar-refractivity contribution is -0.115. The van der Waals surface area contributed by atoms with Crippen molar-refractivity contribution in [2.24, 2.45) is 7.05 Å². The highest BCUT2D eigenvalue weighted by molar-refractivity contribution is 8.00. The van der Waals surface area contributed by atoms with E-state index in [1.807, 2.05) is 79.9 Å². The summed E-state index contributed by atoms with van der Waals surface area (Å²) in [6.07, 6.45) is 0.570. The van der Waals surface area contributed by atoms with E-state index in [0.717, 1.165) is 10.6 Å². The molecule has 0 aliphatic heterocycles. The topological polar surface area (TPSA) is 85.1 Å². The SMILES string of the molecule is CCC(Sc1cccc(NC(=O)c2cccs2)c1)C(=O)Nc1c(C)n(C)n(-c2ccccc2)c1=O. The van der Waals surface area contributed by atoms with Gasteiger partial charge in [0.05, 0.1) is 21.5 Å². The van der Waals surface area contributed by atoms with Gasteiger partial charge >= 0.3 is 0 Å². The molecule has 2 N–H and O–H groups in total. The van der Waals surface area contributed by atoms with Crippen LogP contribution in [0, 0.1) is 6.92 Å². The van der Waals surface area contributed by atoms with Crippen LogP contribution in [0.2, 0.25) is 0 Å². The zero-order valence-corrected chi connectivity index (χ0v) is 21.3. The van der Waals surface area contributed by atoms with E-state index in [0.29, 0.717) is 22.7 Å². The zero-order chi connectivity index (χ0) is 24.9.